The summed E-state index contributed by atoms with van der Waals surface area (Å²) < 4.78 is 0. The van der Waals surface area contributed by atoms with Gasteiger partial charge in [0.25, 0.3) is 0 Å². The third kappa shape index (κ3) is 4.60. The number of rotatable bonds is 5. The Morgan fingerprint density at radius 3 is 2.70 bits per heavy atom. The van der Waals surface area contributed by atoms with E-state index < -0.39 is 0 Å². The Labute approximate surface area is 126 Å². The third-order valence-electron chi connectivity index (χ3n) is 3.84. The molecule has 0 bridgehead atoms. The molecular formula is C15H25ClN4. The molecule has 0 aliphatic carbocycles. The van der Waals surface area contributed by atoms with Gasteiger partial charge in [0.05, 0.1) is 0 Å². The summed E-state index contributed by atoms with van der Waals surface area (Å²) in [5.41, 5.74) is 0. The molecule has 2 heterocycles. The van der Waals surface area contributed by atoms with Crippen LogP contribution in [0.3, 0.4) is 0 Å². The van der Waals surface area contributed by atoms with Gasteiger partial charge in [-0.25, -0.2) is 9.97 Å². The van der Waals surface area contributed by atoms with Crippen molar-refractivity contribution in [3.05, 3.63) is 17.0 Å². The van der Waals surface area contributed by atoms with Gasteiger partial charge in [-0.15, -0.1) is 0 Å². The third-order valence-corrected chi connectivity index (χ3v) is 4.03. The fourth-order valence-corrected chi connectivity index (χ4v) is 2.60. The summed E-state index contributed by atoms with van der Waals surface area (Å²) >= 11 is 6.04. The van der Waals surface area contributed by atoms with Crippen molar-refractivity contribution in [2.75, 3.05) is 31.5 Å². The maximum Gasteiger partial charge on any atom is 0.135 e. The second-order valence-electron chi connectivity index (χ2n) is 6.04. The molecule has 1 aliphatic rings. The van der Waals surface area contributed by atoms with E-state index in [0.29, 0.717) is 5.15 Å². The molecule has 0 aromatic carbocycles. The summed E-state index contributed by atoms with van der Waals surface area (Å²) in [7, 11) is 0. The molecule has 1 saturated heterocycles. The fraction of sp³-hybridized carbons (Fsp3) is 0.733. The Hall–Kier alpha value is -0.870. The zero-order valence-corrected chi connectivity index (χ0v) is 13.5. The lowest BCUT2D eigenvalue weighted by Gasteiger charge is -2.30. The van der Waals surface area contributed by atoms with Crippen LogP contribution in [0.5, 0.6) is 0 Å². The summed E-state index contributed by atoms with van der Waals surface area (Å²) in [6, 6.07) is 1.80. The summed E-state index contributed by atoms with van der Waals surface area (Å²) in [6.07, 6.45) is 2.63. The molecule has 1 aromatic rings. The zero-order chi connectivity index (χ0) is 14.5. The van der Waals surface area contributed by atoms with Crippen LogP contribution in [0, 0.1) is 5.92 Å². The molecule has 1 aliphatic heterocycles. The second-order valence-corrected chi connectivity index (χ2v) is 6.43. The lowest BCUT2D eigenvalue weighted by Crippen LogP contribution is -2.36. The molecule has 20 heavy (non-hydrogen) atoms. The molecular weight excluding hydrogens is 272 g/mol. The van der Waals surface area contributed by atoms with Gasteiger partial charge in [-0.05, 0) is 31.8 Å². The molecule has 0 saturated carbocycles. The topological polar surface area (TPSA) is 41.0 Å². The Morgan fingerprint density at radius 2 is 2.05 bits per heavy atom. The van der Waals surface area contributed by atoms with E-state index in [9.17, 15) is 0 Å². The van der Waals surface area contributed by atoms with Crippen LogP contribution in [0.25, 0.3) is 0 Å². The highest BCUT2D eigenvalue weighted by atomic mass is 35.5. The van der Waals surface area contributed by atoms with Crippen LogP contribution in [0.2, 0.25) is 5.15 Å². The first-order valence-corrected chi connectivity index (χ1v) is 7.93. The van der Waals surface area contributed by atoms with E-state index in [2.05, 4.69) is 41.0 Å². The van der Waals surface area contributed by atoms with Crippen molar-refractivity contribution in [1.29, 1.82) is 0 Å². The van der Waals surface area contributed by atoms with Crippen molar-refractivity contribution in [1.82, 2.24) is 14.9 Å². The predicted molar refractivity (Wildman–Crippen MR) is 84.5 cm³/mol. The van der Waals surface area contributed by atoms with E-state index in [4.69, 9.17) is 11.6 Å². The van der Waals surface area contributed by atoms with E-state index in [-0.39, 0.29) is 5.92 Å². The number of halogens is 1. The van der Waals surface area contributed by atoms with Crippen LogP contribution >= 0.6 is 11.6 Å². The highest BCUT2D eigenvalue weighted by molar-refractivity contribution is 6.29. The Morgan fingerprint density at radius 1 is 1.35 bits per heavy atom. The number of nitrogens with one attached hydrogen (secondary N) is 1. The molecule has 0 unspecified atom stereocenters. The number of hydrogen-bond acceptors (Lipinski definition) is 4. The van der Waals surface area contributed by atoms with Crippen LogP contribution in [0.4, 0.5) is 5.82 Å². The minimum Gasteiger partial charge on any atom is -0.369 e. The lowest BCUT2D eigenvalue weighted by atomic mass is 9.99. The number of hydrogen-bond donors (Lipinski definition) is 1. The van der Waals surface area contributed by atoms with E-state index in [1.807, 2.05) is 0 Å². The molecule has 1 N–H and O–H groups in total. The number of anilines is 1. The highest BCUT2D eigenvalue weighted by Crippen LogP contribution is 2.17. The number of nitrogens with zero attached hydrogens (tertiary/aromatic N) is 3. The van der Waals surface area contributed by atoms with Gasteiger partial charge in [0.15, 0.2) is 0 Å². The van der Waals surface area contributed by atoms with Crippen LogP contribution < -0.4 is 5.32 Å². The largest absolute Gasteiger partial charge is 0.369 e. The SMILES string of the molecule is CC1CCN(CCNc2cc(Cl)nc(C(C)C)n2)CC1. The van der Waals surface area contributed by atoms with Gasteiger partial charge in [-0.3, -0.25) is 0 Å². The van der Waals surface area contributed by atoms with Gasteiger partial charge in [-0.2, -0.15) is 0 Å². The fourth-order valence-electron chi connectivity index (χ4n) is 2.41. The maximum atomic E-state index is 6.04. The first-order valence-electron chi connectivity index (χ1n) is 7.55. The number of piperidine rings is 1. The van der Waals surface area contributed by atoms with Crippen LogP contribution in [-0.4, -0.2) is 41.0 Å². The zero-order valence-electron chi connectivity index (χ0n) is 12.7. The van der Waals surface area contributed by atoms with Crippen molar-refractivity contribution in [3.63, 3.8) is 0 Å². The van der Waals surface area contributed by atoms with E-state index >= 15 is 0 Å². The lowest BCUT2D eigenvalue weighted by molar-refractivity contribution is 0.199. The van der Waals surface area contributed by atoms with Crippen LogP contribution in [0.1, 0.15) is 45.4 Å². The molecule has 1 fully saturated rings. The summed E-state index contributed by atoms with van der Waals surface area (Å²) in [4.78, 5) is 11.3. The van der Waals surface area contributed by atoms with Gasteiger partial charge < -0.3 is 10.2 Å². The predicted octanol–water partition coefficient (Wildman–Crippen LogP) is 3.40. The minimum atomic E-state index is 0.290. The standard InChI is InChI=1S/C15H25ClN4/c1-11(2)15-18-13(16)10-14(19-15)17-6-9-20-7-4-12(3)5-8-20/h10-12H,4-9H2,1-3H3,(H,17,18,19). The smallest absolute Gasteiger partial charge is 0.135 e. The molecule has 5 heteroatoms. The molecule has 0 spiro atoms. The van der Waals surface area contributed by atoms with Crippen LogP contribution in [0.15, 0.2) is 6.07 Å². The Kier molecular flexibility index (Phi) is 5.61. The molecule has 112 valence electrons. The van der Waals surface area contributed by atoms with Crippen molar-refractivity contribution in [2.24, 2.45) is 5.92 Å². The number of likely N-dealkylation sites (tertiary alicyclic amines) is 1. The Bertz CT molecular complexity index is 428. The molecule has 0 radical (unpaired) electrons. The average Bonchev–Trinajstić information content (AvgIpc) is 2.40. The molecule has 4 nitrogen and oxygen atoms in total. The van der Waals surface area contributed by atoms with E-state index in [1.165, 1.54) is 25.9 Å². The van der Waals surface area contributed by atoms with Crippen molar-refractivity contribution in [3.8, 4) is 0 Å². The molecule has 0 atom stereocenters. The molecule has 2 rings (SSSR count). The average molecular weight is 297 g/mol. The monoisotopic (exact) mass is 296 g/mol. The van der Waals surface area contributed by atoms with Crippen molar-refractivity contribution in [2.45, 2.75) is 39.5 Å². The molecule has 1 aromatic heterocycles. The quantitative estimate of drug-likeness (QED) is 0.846. The Balaban J connectivity index is 1.82. The first-order chi connectivity index (χ1) is 9.54. The van der Waals surface area contributed by atoms with E-state index in [1.54, 1.807) is 6.07 Å². The first kappa shape index (κ1) is 15.5. The highest BCUT2D eigenvalue weighted by Gasteiger charge is 2.15. The van der Waals surface area contributed by atoms with Crippen molar-refractivity contribution < 1.29 is 0 Å². The van der Waals surface area contributed by atoms with Gasteiger partial charge in [0, 0.05) is 25.1 Å². The summed E-state index contributed by atoms with van der Waals surface area (Å²) in [6.45, 7) is 10.9. The van der Waals surface area contributed by atoms with Gasteiger partial charge in [-0.1, -0.05) is 32.4 Å². The van der Waals surface area contributed by atoms with Crippen LogP contribution in [-0.2, 0) is 0 Å². The second kappa shape index (κ2) is 7.23. The van der Waals surface area contributed by atoms with Crippen molar-refractivity contribution >= 4 is 17.4 Å². The normalized spacial score (nSPS) is 17.6. The summed E-state index contributed by atoms with van der Waals surface area (Å²) in [5.74, 6) is 2.80. The van der Waals surface area contributed by atoms with Gasteiger partial charge >= 0.3 is 0 Å². The number of aromatic nitrogens is 2. The van der Waals surface area contributed by atoms with Gasteiger partial charge in [0.2, 0.25) is 0 Å². The maximum absolute atomic E-state index is 6.04. The minimum absolute atomic E-state index is 0.290. The molecule has 0 amide bonds. The summed E-state index contributed by atoms with van der Waals surface area (Å²) in [5, 5.41) is 3.87. The van der Waals surface area contributed by atoms with Gasteiger partial charge in [0.1, 0.15) is 16.8 Å². The van der Waals surface area contributed by atoms with E-state index in [0.717, 1.165) is 30.6 Å².